The smallest absolute Gasteiger partial charge is 0.263 e. The predicted octanol–water partition coefficient (Wildman–Crippen LogP) is 4.89. The Morgan fingerprint density at radius 3 is 2.55 bits per heavy atom. The van der Waals surface area contributed by atoms with E-state index < -0.39 is 10.0 Å². The number of carbonyl (C=O) groups is 1. The number of hydrogen-bond donors (Lipinski definition) is 2. The summed E-state index contributed by atoms with van der Waals surface area (Å²) < 4.78 is 28.3. The lowest BCUT2D eigenvalue weighted by atomic mass is 10.2. The maximum atomic E-state index is 12.4. The van der Waals surface area contributed by atoms with E-state index in [0.717, 1.165) is 21.3 Å². The number of hydrogen-bond acceptors (Lipinski definition) is 5. The average Bonchev–Trinajstić information content (AvgIpc) is 3.09. The molecule has 0 fully saturated rings. The molecule has 29 heavy (non-hydrogen) atoms. The summed E-state index contributed by atoms with van der Waals surface area (Å²) in [4.78, 5) is 16.7. The molecule has 2 N–H and O–H groups in total. The number of rotatable bonds is 7. The van der Waals surface area contributed by atoms with Gasteiger partial charge in [0.05, 0.1) is 10.6 Å². The van der Waals surface area contributed by atoms with E-state index in [1.807, 2.05) is 32.0 Å². The van der Waals surface area contributed by atoms with Gasteiger partial charge in [0.1, 0.15) is 0 Å². The molecule has 0 aliphatic carbocycles. The molecule has 3 rings (SSSR count). The number of anilines is 2. The Morgan fingerprint density at radius 1 is 1.14 bits per heavy atom. The van der Waals surface area contributed by atoms with Crippen LogP contribution < -0.4 is 10.0 Å². The van der Waals surface area contributed by atoms with Gasteiger partial charge in [-0.1, -0.05) is 33.6 Å². The first-order valence-corrected chi connectivity index (χ1v) is 12.0. The van der Waals surface area contributed by atoms with Crippen molar-refractivity contribution < 1.29 is 13.2 Å². The third-order valence-corrected chi connectivity index (χ3v) is 6.96. The molecular weight excluding hydrogens is 474 g/mol. The SMILES string of the molecule is Cc1ccc(S(=O)(=O)Nc2nc(CCC(=O)Nc3ccc(Br)cc3C)cs2)cc1. The van der Waals surface area contributed by atoms with Crippen molar-refractivity contribution in [1.82, 2.24) is 4.98 Å². The second-order valence-corrected chi connectivity index (χ2v) is 10.0. The number of benzene rings is 2. The van der Waals surface area contributed by atoms with E-state index in [9.17, 15) is 13.2 Å². The van der Waals surface area contributed by atoms with Crippen LogP contribution in [0.1, 0.15) is 23.2 Å². The minimum Gasteiger partial charge on any atom is -0.326 e. The van der Waals surface area contributed by atoms with Gasteiger partial charge in [0.15, 0.2) is 5.13 Å². The lowest BCUT2D eigenvalue weighted by Gasteiger charge is -2.08. The van der Waals surface area contributed by atoms with Gasteiger partial charge in [-0.05, 0) is 56.2 Å². The Hall–Kier alpha value is -2.23. The minimum absolute atomic E-state index is 0.120. The summed E-state index contributed by atoms with van der Waals surface area (Å²) in [6.07, 6.45) is 0.674. The van der Waals surface area contributed by atoms with Crippen LogP contribution in [0.4, 0.5) is 10.8 Å². The Balaban J connectivity index is 1.57. The maximum absolute atomic E-state index is 12.4. The highest BCUT2D eigenvalue weighted by molar-refractivity contribution is 9.10. The Morgan fingerprint density at radius 2 is 1.86 bits per heavy atom. The third kappa shape index (κ3) is 5.88. The molecule has 0 aliphatic rings. The van der Waals surface area contributed by atoms with Gasteiger partial charge in [-0.25, -0.2) is 13.4 Å². The number of aromatic nitrogens is 1. The summed E-state index contributed by atoms with van der Waals surface area (Å²) in [6, 6.07) is 12.2. The molecule has 0 bridgehead atoms. The summed E-state index contributed by atoms with van der Waals surface area (Å²) in [5, 5.41) is 4.92. The second-order valence-electron chi connectivity index (χ2n) is 6.57. The Labute approximate surface area is 182 Å². The van der Waals surface area contributed by atoms with Gasteiger partial charge in [-0.3, -0.25) is 9.52 Å². The molecule has 9 heteroatoms. The number of nitrogens with one attached hydrogen (secondary N) is 2. The van der Waals surface area contributed by atoms with Crippen molar-refractivity contribution in [3.05, 3.63) is 69.1 Å². The monoisotopic (exact) mass is 493 g/mol. The number of sulfonamides is 1. The Bertz CT molecular complexity index is 1130. The van der Waals surface area contributed by atoms with E-state index in [1.54, 1.807) is 29.6 Å². The van der Waals surface area contributed by atoms with E-state index in [0.29, 0.717) is 12.1 Å². The summed E-state index contributed by atoms with van der Waals surface area (Å²) in [5.41, 5.74) is 3.38. The molecule has 1 heterocycles. The molecule has 0 saturated carbocycles. The van der Waals surface area contributed by atoms with Crippen LogP contribution >= 0.6 is 27.3 Å². The van der Waals surface area contributed by atoms with Crippen LogP contribution in [0.2, 0.25) is 0 Å². The molecule has 1 amide bonds. The highest BCUT2D eigenvalue weighted by Gasteiger charge is 2.16. The predicted molar refractivity (Wildman–Crippen MR) is 120 cm³/mol. The van der Waals surface area contributed by atoms with Gasteiger partial charge < -0.3 is 5.32 Å². The number of amides is 1. The van der Waals surface area contributed by atoms with Crippen LogP contribution in [-0.4, -0.2) is 19.3 Å². The molecule has 2 aromatic carbocycles. The average molecular weight is 494 g/mol. The van der Waals surface area contributed by atoms with Crippen molar-refractivity contribution in [2.75, 3.05) is 10.0 Å². The van der Waals surface area contributed by atoms with Crippen molar-refractivity contribution >= 4 is 54.0 Å². The van der Waals surface area contributed by atoms with Crippen LogP contribution in [0, 0.1) is 13.8 Å². The molecule has 1 aromatic heterocycles. The molecule has 3 aromatic rings. The van der Waals surface area contributed by atoms with Gasteiger partial charge in [-0.2, -0.15) is 0 Å². The number of halogens is 1. The fourth-order valence-electron chi connectivity index (χ4n) is 2.58. The lowest BCUT2D eigenvalue weighted by Crippen LogP contribution is -2.14. The van der Waals surface area contributed by atoms with Crippen molar-refractivity contribution in [2.24, 2.45) is 0 Å². The Kier molecular flexibility index (Phi) is 6.71. The topological polar surface area (TPSA) is 88.2 Å². The molecular formula is C20H20BrN3O3S2. The first kappa shape index (κ1) is 21.5. The number of carbonyl (C=O) groups excluding carboxylic acids is 1. The summed E-state index contributed by atoms with van der Waals surface area (Å²) in [6.45, 7) is 3.82. The van der Waals surface area contributed by atoms with E-state index in [2.05, 4.69) is 31.0 Å². The maximum Gasteiger partial charge on any atom is 0.263 e. The van der Waals surface area contributed by atoms with Gasteiger partial charge in [0.25, 0.3) is 10.0 Å². The van der Waals surface area contributed by atoms with Crippen LogP contribution in [0.15, 0.2) is 57.2 Å². The van der Waals surface area contributed by atoms with Crippen molar-refractivity contribution in [1.29, 1.82) is 0 Å². The fourth-order valence-corrected chi connectivity index (χ4v) is 5.05. The molecule has 0 aliphatic heterocycles. The zero-order valence-corrected chi connectivity index (χ0v) is 19.1. The standard InChI is InChI=1S/C20H20BrN3O3S2/c1-13-3-7-17(8-4-13)29(26,27)24-20-22-16(12-28-20)6-10-19(25)23-18-9-5-15(21)11-14(18)2/h3-5,7-9,11-12H,6,10H2,1-2H3,(H,22,24)(H,23,25). The highest BCUT2D eigenvalue weighted by Crippen LogP contribution is 2.22. The van der Waals surface area contributed by atoms with Crippen LogP contribution in [-0.2, 0) is 21.2 Å². The van der Waals surface area contributed by atoms with E-state index in [-0.39, 0.29) is 22.4 Å². The van der Waals surface area contributed by atoms with Crippen LogP contribution in [0.25, 0.3) is 0 Å². The first-order valence-electron chi connectivity index (χ1n) is 8.83. The normalized spacial score (nSPS) is 11.3. The van der Waals surface area contributed by atoms with Gasteiger partial charge in [0, 0.05) is 22.0 Å². The molecule has 0 saturated heterocycles. The van der Waals surface area contributed by atoms with Crippen LogP contribution in [0.5, 0.6) is 0 Å². The van der Waals surface area contributed by atoms with E-state index in [1.165, 1.54) is 11.3 Å². The molecule has 0 unspecified atom stereocenters. The zero-order valence-electron chi connectivity index (χ0n) is 15.9. The summed E-state index contributed by atoms with van der Waals surface area (Å²) in [5.74, 6) is -0.120. The first-order chi connectivity index (χ1) is 13.7. The van der Waals surface area contributed by atoms with E-state index >= 15 is 0 Å². The zero-order chi connectivity index (χ0) is 21.0. The molecule has 6 nitrogen and oxygen atoms in total. The van der Waals surface area contributed by atoms with Gasteiger partial charge in [0.2, 0.25) is 5.91 Å². The van der Waals surface area contributed by atoms with Crippen molar-refractivity contribution in [2.45, 2.75) is 31.6 Å². The number of aryl methyl sites for hydroxylation is 3. The van der Waals surface area contributed by atoms with Crippen molar-refractivity contribution in [3.8, 4) is 0 Å². The minimum atomic E-state index is -3.68. The molecule has 152 valence electrons. The van der Waals surface area contributed by atoms with Crippen molar-refractivity contribution in [3.63, 3.8) is 0 Å². The van der Waals surface area contributed by atoms with Crippen LogP contribution in [0.3, 0.4) is 0 Å². The van der Waals surface area contributed by atoms with E-state index in [4.69, 9.17) is 0 Å². The summed E-state index contributed by atoms with van der Waals surface area (Å²) in [7, 11) is -3.68. The van der Waals surface area contributed by atoms with Gasteiger partial charge >= 0.3 is 0 Å². The molecule has 0 spiro atoms. The summed E-state index contributed by atoms with van der Waals surface area (Å²) >= 11 is 4.59. The molecule has 0 radical (unpaired) electrons. The van der Waals surface area contributed by atoms with Gasteiger partial charge in [-0.15, -0.1) is 11.3 Å². The molecule has 0 atom stereocenters. The highest BCUT2D eigenvalue weighted by atomic mass is 79.9. The number of nitrogens with zero attached hydrogens (tertiary/aromatic N) is 1. The number of thiazole rings is 1. The quantitative estimate of drug-likeness (QED) is 0.490. The lowest BCUT2D eigenvalue weighted by molar-refractivity contribution is -0.116. The third-order valence-electron chi connectivity index (χ3n) is 4.18. The largest absolute Gasteiger partial charge is 0.326 e. The second kappa shape index (κ2) is 9.06. The fraction of sp³-hybridized carbons (Fsp3) is 0.200.